The summed E-state index contributed by atoms with van der Waals surface area (Å²) in [7, 11) is 0. The van der Waals surface area contributed by atoms with Crippen molar-refractivity contribution in [2.24, 2.45) is 5.73 Å². The zero-order valence-electron chi connectivity index (χ0n) is 8.16. The van der Waals surface area contributed by atoms with Crippen molar-refractivity contribution in [2.75, 3.05) is 6.54 Å². The number of aromatic nitrogens is 2. The number of hydrogen-bond acceptors (Lipinski definition) is 3. The van der Waals surface area contributed by atoms with Crippen LogP contribution in [0.2, 0.25) is 0 Å². The maximum Gasteiger partial charge on any atom is 0.194 e. The fraction of sp³-hybridized carbons (Fsp3) is 0.300. The van der Waals surface area contributed by atoms with Crippen LogP contribution in [0.25, 0.3) is 10.5 Å². The molecule has 0 spiro atoms. The molecule has 0 aliphatic rings. The second-order valence-electron chi connectivity index (χ2n) is 3.24. The molecule has 4 heteroatoms. The number of imidazole rings is 1. The van der Waals surface area contributed by atoms with Crippen LogP contribution in [0.1, 0.15) is 17.8 Å². The van der Waals surface area contributed by atoms with Crippen molar-refractivity contribution in [3.05, 3.63) is 29.5 Å². The Bertz CT molecular complexity index is 467. The molecule has 2 aromatic rings. The Morgan fingerprint density at radius 1 is 1.71 bits per heavy atom. The Morgan fingerprint density at radius 2 is 2.50 bits per heavy atom. The molecule has 2 rings (SSSR count). The molecule has 2 aromatic heterocycles. The van der Waals surface area contributed by atoms with Gasteiger partial charge >= 0.3 is 0 Å². The Balaban J connectivity index is 2.53. The summed E-state index contributed by atoms with van der Waals surface area (Å²) in [5.74, 6) is 0. The Hall–Kier alpha value is -1.13. The van der Waals surface area contributed by atoms with E-state index in [0.29, 0.717) is 6.54 Å². The summed E-state index contributed by atoms with van der Waals surface area (Å²) >= 11 is 1.64. The SMILES string of the molecule is C=C(CCN)c1c(C)nc2sccn12. The lowest BCUT2D eigenvalue weighted by molar-refractivity contribution is 1.00. The highest BCUT2D eigenvalue weighted by Crippen LogP contribution is 2.23. The molecule has 0 unspecified atom stereocenters. The standard InChI is InChI=1S/C10H13N3S/c1-7(3-4-11)9-8(2)12-10-13(9)5-6-14-10/h5-6H,1,3-4,11H2,2H3. The van der Waals surface area contributed by atoms with Crippen LogP contribution in [0, 0.1) is 6.92 Å². The third-order valence-electron chi connectivity index (χ3n) is 2.22. The Kier molecular flexibility index (Phi) is 2.39. The topological polar surface area (TPSA) is 43.3 Å². The first-order chi connectivity index (χ1) is 6.74. The monoisotopic (exact) mass is 207 g/mol. The van der Waals surface area contributed by atoms with E-state index in [4.69, 9.17) is 5.73 Å². The van der Waals surface area contributed by atoms with Gasteiger partial charge in [0.2, 0.25) is 0 Å². The Labute approximate surface area is 86.9 Å². The molecule has 0 atom stereocenters. The van der Waals surface area contributed by atoms with Gasteiger partial charge in [-0.25, -0.2) is 4.98 Å². The molecule has 0 amide bonds. The van der Waals surface area contributed by atoms with Crippen LogP contribution in [-0.2, 0) is 0 Å². The predicted molar refractivity (Wildman–Crippen MR) is 60.5 cm³/mol. The van der Waals surface area contributed by atoms with Gasteiger partial charge in [-0.15, -0.1) is 11.3 Å². The van der Waals surface area contributed by atoms with Gasteiger partial charge in [0.25, 0.3) is 0 Å². The maximum atomic E-state index is 5.52. The highest BCUT2D eigenvalue weighted by Gasteiger charge is 2.11. The van der Waals surface area contributed by atoms with Gasteiger partial charge in [0.15, 0.2) is 4.96 Å². The summed E-state index contributed by atoms with van der Waals surface area (Å²) < 4.78 is 2.08. The van der Waals surface area contributed by atoms with Gasteiger partial charge in [-0.05, 0) is 25.5 Å². The second-order valence-corrected chi connectivity index (χ2v) is 4.12. The van der Waals surface area contributed by atoms with E-state index in [0.717, 1.165) is 28.3 Å². The van der Waals surface area contributed by atoms with E-state index < -0.39 is 0 Å². The van der Waals surface area contributed by atoms with Crippen LogP contribution in [0.4, 0.5) is 0 Å². The maximum absolute atomic E-state index is 5.52. The number of thiazole rings is 1. The molecule has 0 bridgehead atoms. The predicted octanol–water partition coefficient (Wildman–Crippen LogP) is 2.07. The molecule has 3 nitrogen and oxygen atoms in total. The zero-order chi connectivity index (χ0) is 10.1. The summed E-state index contributed by atoms with van der Waals surface area (Å²) in [6, 6.07) is 0. The molecule has 0 fully saturated rings. The molecular weight excluding hydrogens is 194 g/mol. The van der Waals surface area contributed by atoms with Crippen LogP contribution >= 0.6 is 11.3 Å². The minimum atomic E-state index is 0.635. The van der Waals surface area contributed by atoms with Crippen LogP contribution < -0.4 is 5.73 Å². The molecule has 0 radical (unpaired) electrons. The number of hydrogen-bond donors (Lipinski definition) is 1. The largest absolute Gasteiger partial charge is 0.330 e. The second kappa shape index (κ2) is 3.55. The summed E-state index contributed by atoms with van der Waals surface area (Å²) in [4.78, 5) is 5.48. The minimum absolute atomic E-state index is 0.635. The minimum Gasteiger partial charge on any atom is -0.330 e. The van der Waals surface area contributed by atoms with Crippen molar-refractivity contribution >= 4 is 21.9 Å². The van der Waals surface area contributed by atoms with Crippen LogP contribution in [0.5, 0.6) is 0 Å². The molecule has 2 heterocycles. The first-order valence-electron chi connectivity index (χ1n) is 4.54. The van der Waals surface area contributed by atoms with Crippen LogP contribution in [0.15, 0.2) is 18.2 Å². The lowest BCUT2D eigenvalue weighted by atomic mass is 10.1. The van der Waals surface area contributed by atoms with E-state index in [1.165, 1.54) is 0 Å². The van der Waals surface area contributed by atoms with Crippen molar-refractivity contribution in [3.8, 4) is 0 Å². The van der Waals surface area contributed by atoms with Gasteiger partial charge in [0.05, 0.1) is 11.4 Å². The first-order valence-corrected chi connectivity index (χ1v) is 5.42. The van der Waals surface area contributed by atoms with Gasteiger partial charge in [0, 0.05) is 11.6 Å². The van der Waals surface area contributed by atoms with E-state index in [1.54, 1.807) is 11.3 Å². The fourth-order valence-electron chi connectivity index (χ4n) is 1.61. The smallest absolute Gasteiger partial charge is 0.194 e. The molecule has 0 aliphatic carbocycles. The molecular formula is C10H13N3S. The first kappa shape index (κ1) is 9.43. The molecule has 0 aliphatic heterocycles. The lowest BCUT2D eigenvalue weighted by Crippen LogP contribution is -2.01. The summed E-state index contributed by atoms with van der Waals surface area (Å²) in [5.41, 5.74) is 8.74. The molecule has 0 aromatic carbocycles. The zero-order valence-corrected chi connectivity index (χ0v) is 8.97. The number of fused-ring (bicyclic) bond motifs is 1. The highest BCUT2D eigenvalue weighted by atomic mass is 32.1. The average Bonchev–Trinajstić information content (AvgIpc) is 2.63. The van der Waals surface area contributed by atoms with Crippen molar-refractivity contribution in [2.45, 2.75) is 13.3 Å². The van der Waals surface area contributed by atoms with E-state index in [9.17, 15) is 0 Å². The van der Waals surface area contributed by atoms with Crippen molar-refractivity contribution in [1.29, 1.82) is 0 Å². The van der Waals surface area contributed by atoms with Crippen molar-refractivity contribution in [3.63, 3.8) is 0 Å². The van der Waals surface area contributed by atoms with Gasteiger partial charge < -0.3 is 5.73 Å². The number of aryl methyl sites for hydroxylation is 1. The fourth-order valence-corrected chi connectivity index (χ4v) is 2.37. The van der Waals surface area contributed by atoms with E-state index >= 15 is 0 Å². The van der Waals surface area contributed by atoms with E-state index in [1.807, 2.05) is 18.5 Å². The summed E-state index contributed by atoms with van der Waals surface area (Å²) in [5, 5.41) is 2.03. The van der Waals surface area contributed by atoms with Gasteiger partial charge in [-0.1, -0.05) is 6.58 Å². The average molecular weight is 207 g/mol. The van der Waals surface area contributed by atoms with Gasteiger partial charge in [-0.2, -0.15) is 0 Å². The molecule has 2 N–H and O–H groups in total. The van der Waals surface area contributed by atoms with Gasteiger partial charge in [-0.3, -0.25) is 4.40 Å². The third kappa shape index (κ3) is 1.36. The number of rotatable bonds is 3. The van der Waals surface area contributed by atoms with Crippen LogP contribution in [-0.4, -0.2) is 15.9 Å². The van der Waals surface area contributed by atoms with E-state index in [2.05, 4.69) is 16.0 Å². The molecule has 0 saturated carbocycles. The van der Waals surface area contributed by atoms with Crippen molar-refractivity contribution < 1.29 is 0 Å². The normalized spacial score (nSPS) is 11.0. The lowest BCUT2D eigenvalue weighted by Gasteiger charge is -2.03. The quantitative estimate of drug-likeness (QED) is 0.837. The summed E-state index contributed by atoms with van der Waals surface area (Å²) in [6.45, 7) is 6.69. The molecule has 14 heavy (non-hydrogen) atoms. The van der Waals surface area contributed by atoms with Crippen LogP contribution in [0.3, 0.4) is 0 Å². The van der Waals surface area contributed by atoms with Gasteiger partial charge in [0.1, 0.15) is 0 Å². The molecule has 0 saturated heterocycles. The van der Waals surface area contributed by atoms with E-state index in [-0.39, 0.29) is 0 Å². The third-order valence-corrected chi connectivity index (χ3v) is 2.97. The Morgan fingerprint density at radius 3 is 3.21 bits per heavy atom. The number of nitrogens with zero attached hydrogens (tertiary/aromatic N) is 2. The molecule has 74 valence electrons. The summed E-state index contributed by atoms with van der Waals surface area (Å²) in [6.07, 6.45) is 2.85. The number of nitrogens with two attached hydrogens (primary N) is 1. The highest BCUT2D eigenvalue weighted by molar-refractivity contribution is 7.15. The van der Waals surface area contributed by atoms with Crippen molar-refractivity contribution in [1.82, 2.24) is 9.38 Å².